The number of aromatic nitrogens is 1. The molecule has 23 heavy (non-hydrogen) atoms. The van der Waals surface area contributed by atoms with Crippen LogP contribution >= 0.6 is 0 Å². The minimum absolute atomic E-state index is 0.0429. The van der Waals surface area contributed by atoms with E-state index in [-0.39, 0.29) is 11.9 Å². The van der Waals surface area contributed by atoms with Crippen LogP contribution in [0.15, 0.2) is 30.5 Å². The first-order valence-electron chi connectivity index (χ1n) is 8.53. The second-order valence-corrected chi connectivity index (χ2v) is 6.50. The van der Waals surface area contributed by atoms with Gasteiger partial charge in [0.2, 0.25) is 5.91 Å². The Labute approximate surface area is 136 Å². The molecular weight excluding hydrogens is 290 g/mol. The van der Waals surface area contributed by atoms with Crippen LogP contribution in [0.25, 0.3) is 10.9 Å². The van der Waals surface area contributed by atoms with Crippen molar-refractivity contribution in [2.75, 3.05) is 25.1 Å². The molecule has 1 aromatic heterocycles. The van der Waals surface area contributed by atoms with Crippen molar-refractivity contribution in [1.29, 1.82) is 0 Å². The van der Waals surface area contributed by atoms with E-state index in [9.17, 15) is 4.79 Å². The van der Waals surface area contributed by atoms with Crippen LogP contribution in [0.3, 0.4) is 0 Å². The SMILES string of the molecule is O=C(Nc1c[nH]c2ccccc12)C1COCCN1C1CCCC1. The number of aromatic amines is 1. The standard InChI is InChI=1S/C18H23N3O2/c22-18(20-16-11-19-15-8-4-3-7-14(15)16)17-12-23-10-9-21(17)13-5-1-2-6-13/h3-4,7-8,11,13,17,19H,1-2,5-6,9-10,12H2,(H,20,22). The van der Waals surface area contributed by atoms with Crippen molar-refractivity contribution >= 4 is 22.5 Å². The molecule has 1 saturated heterocycles. The molecule has 1 aliphatic heterocycles. The van der Waals surface area contributed by atoms with Gasteiger partial charge in [-0.2, -0.15) is 0 Å². The molecule has 5 heteroatoms. The zero-order chi connectivity index (χ0) is 15.6. The molecule has 0 radical (unpaired) electrons. The number of anilines is 1. The van der Waals surface area contributed by atoms with Crippen LogP contribution in [-0.2, 0) is 9.53 Å². The van der Waals surface area contributed by atoms with Gasteiger partial charge in [0.1, 0.15) is 6.04 Å². The third-order valence-corrected chi connectivity index (χ3v) is 5.11. The molecule has 2 fully saturated rings. The second kappa shape index (κ2) is 6.34. The Morgan fingerprint density at radius 2 is 2.09 bits per heavy atom. The number of para-hydroxylation sites is 1. The van der Waals surface area contributed by atoms with Crippen molar-refractivity contribution in [3.63, 3.8) is 0 Å². The maximum absolute atomic E-state index is 12.8. The van der Waals surface area contributed by atoms with Crippen molar-refractivity contribution in [2.45, 2.75) is 37.8 Å². The highest BCUT2D eigenvalue weighted by atomic mass is 16.5. The zero-order valence-electron chi connectivity index (χ0n) is 13.3. The van der Waals surface area contributed by atoms with Gasteiger partial charge < -0.3 is 15.0 Å². The first kappa shape index (κ1) is 14.7. The zero-order valence-corrected chi connectivity index (χ0v) is 13.3. The van der Waals surface area contributed by atoms with Crippen LogP contribution in [0.4, 0.5) is 5.69 Å². The Morgan fingerprint density at radius 1 is 1.26 bits per heavy atom. The Bertz CT molecular complexity index is 690. The summed E-state index contributed by atoms with van der Waals surface area (Å²) in [5.41, 5.74) is 1.89. The Kier molecular flexibility index (Phi) is 4.06. The number of fused-ring (bicyclic) bond motifs is 1. The lowest BCUT2D eigenvalue weighted by atomic mass is 10.1. The summed E-state index contributed by atoms with van der Waals surface area (Å²) < 4.78 is 5.59. The van der Waals surface area contributed by atoms with Crippen LogP contribution in [0.2, 0.25) is 0 Å². The summed E-state index contributed by atoms with van der Waals surface area (Å²) >= 11 is 0. The maximum Gasteiger partial charge on any atom is 0.244 e. The molecule has 2 aliphatic rings. The number of carbonyl (C=O) groups is 1. The molecule has 0 spiro atoms. The molecule has 5 nitrogen and oxygen atoms in total. The number of nitrogens with zero attached hydrogens (tertiary/aromatic N) is 1. The lowest BCUT2D eigenvalue weighted by Gasteiger charge is -2.38. The van der Waals surface area contributed by atoms with Gasteiger partial charge in [-0.3, -0.25) is 9.69 Å². The van der Waals surface area contributed by atoms with Crippen molar-refractivity contribution in [3.05, 3.63) is 30.5 Å². The minimum Gasteiger partial charge on any atom is -0.378 e. The van der Waals surface area contributed by atoms with E-state index in [0.717, 1.165) is 29.7 Å². The number of amides is 1. The van der Waals surface area contributed by atoms with Crippen molar-refractivity contribution in [2.24, 2.45) is 0 Å². The van der Waals surface area contributed by atoms with Crippen LogP contribution in [0.1, 0.15) is 25.7 Å². The minimum atomic E-state index is -0.180. The van der Waals surface area contributed by atoms with E-state index in [1.807, 2.05) is 30.5 Å². The van der Waals surface area contributed by atoms with Gasteiger partial charge >= 0.3 is 0 Å². The average molecular weight is 313 g/mol. The molecule has 122 valence electrons. The number of rotatable bonds is 3. The summed E-state index contributed by atoms with van der Waals surface area (Å²) in [6, 6.07) is 8.37. The first-order chi connectivity index (χ1) is 11.3. The van der Waals surface area contributed by atoms with E-state index in [1.165, 1.54) is 25.7 Å². The van der Waals surface area contributed by atoms with Gasteiger partial charge in [-0.1, -0.05) is 31.0 Å². The van der Waals surface area contributed by atoms with Gasteiger partial charge in [0, 0.05) is 29.7 Å². The van der Waals surface area contributed by atoms with E-state index in [4.69, 9.17) is 4.74 Å². The molecule has 2 aromatic rings. The fourth-order valence-electron chi connectivity index (χ4n) is 3.91. The van der Waals surface area contributed by atoms with E-state index >= 15 is 0 Å². The van der Waals surface area contributed by atoms with Gasteiger partial charge in [0.25, 0.3) is 0 Å². The van der Waals surface area contributed by atoms with E-state index in [2.05, 4.69) is 15.2 Å². The van der Waals surface area contributed by atoms with E-state index in [0.29, 0.717) is 12.6 Å². The molecule has 4 rings (SSSR count). The number of H-pyrrole nitrogens is 1. The molecule has 0 bridgehead atoms. The summed E-state index contributed by atoms with van der Waals surface area (Å²) in [7, 11) is 0. The number of ether oxygens (including phenoxy) is 1. The quantitative estimate of drug-likeness (QED) is 0.916. The number of nitrogens with one attached hydrogen (secondary N) is 2. The fourth-order valence-corrected chi connectivity index (χ4v) is 3.91. The maximum atomic E-state index is 12.8. The number of carbonyl (C=O) groups excluding carboxylic acids is 1. The molecule has 1 amide bonds. The molecule has 1 unspecified atom stereocenters. The van der Waals surface area contributed by atoms with Gasteiger partial charge in [-0.05, 0) is 18.9 Å². The molecule has 1 saturated carbocycles. The molecule has 2 heterocycles. The molecule has 1 atom stereocenters. The smallest absolute Gasteiger partial charge is 0.244 e. The predicted molar refractivity (Wildman–Crippen MR) is 90.5 cm³/mol. The number of benzene rings is 1. The van der Waals surface area contributed by atoms with Crippen molar-refractivity contribution in [3.8, 4) is 0 Å². The van der Waals surface area contributed by atoms with Crippen LogP contribution in [-0.4, -0.2) is 47.6 Å². The lowest BCUT2D eigenvalue weighted by Crippen LogP contribution is -2.55. The predicted octanol–water partition coefficient (Wildman–Crippen LogP) is 2.75. The highest BCUT2D eigenvalue weighted by Crippen LogP contribution is 2.28. The Morgan fingerprint density at radius 3 is 2.96 bits per heavy atom. The number of hydrogen-bond donors (Lipinski definition) is 2. The average Bonchev–Trinajstić information content (AvgIpc) is 3.25. The monoisotopic (exact) mass is 313 g/mol. The van der Waals surface area contributed by atoms with Crippen LogP contribution in [0, 0.1) is 0 Å². The van der Waals surface area contributed by atoms with Gasteiger partial charge in [-0.25, -0.2) is 0 Å². The Balaban J connectivity index is 1.52. The fraction of sp³-hybridized carbons (Fsp3) is 0.500. The van der Waals surface area contributed by atoms with Gasteiger partial charge in [0.05, 0.1) is 18.9 Å². The summed E-state index contributed by atoms with van der Waals surface area (Å²) in [4.78, 5) is 18.4. The first-order valence-corrected chi connectivity index (χ1v) is 8.53. The summed E-state index contributed by atoms with van der Waals surface area (Å²) in [5.74, 6) is 0.0429. The van der Waals surface area contributed by atoms with E-state index < -0.39 is 0 Å². The lowest BCUT2D eigenvalue weighted by molar-refractivity contribution is -0.129. The second-order valence-electron chi connectivity index (χ2n) is 6.50. The summed E-state index contributed by atoms with van der Waals surface area (Å²) in [6.07, 6.45) is 6.83. The third-order valence-electron chi connectivity index (χ3n) is 5.11. The topological polar surface area (TPSA) is 57.4 Å². The summed E-state index contributed by atoms with van der Waals surface area (Å²) in [6.45, 7) is 2.08. The van der Waals surface area contributed by atoms with Crippen molar-refractivity contribution < 1.29 is 9.53 Å². The molecule has 1 aliphatic carbocycles. The normalized spacial score (nSPS) is 23.4. The summed E-state index contributed by atoms with van der Waals surface area (Å²) in [5, 5.41) is 4.14. The number of hydrogen-bond acceptors (Lipinski definition) is 3. The van der Waals surface area contributed by atoms with Gasteiger partial charge in [-0.15, -0.1) is 0 Å². The molecular formula is C18H23N3O2. The van der Waals surface area contributed by atoms with E-state index in [1.54, 1.807) is 0 Å². The number of morpholine rings is 1. The highest BCUT2D eigenvalue weighted by Gasteiger charge is 2.35. The third kappa shape index (κ3) is 2.86. The molecule has 2 N–H and O–H groups in total. The van der Waals surface area contributed by atoms with Crippen LogP contribution < -0.4 is 5.32 Å². The van der Waals surface area contributed by atoms with Gasteiger partial charge in [0.15, 0.2) is 0 Å². The largest absolute Gasteiger partial charge is 0.378 e. The molecule has 1 aromatic carbocycles. The van der Waals surface area contributed by atoms with Crippen molar-refractivity contribution in [1.82, 2.24) is 9.88 Å². The Hall–Kier alpha value is -1.85. The van der Waals surface area contributed by atoms with Crippen LogP contribution in [0.5, 0.6) is 0 Å². The highest BCUT2D eigenvalue weighted by molar-refractivity contribution is 6.03.